The van der Waals surface area contributed by atoms with E-state index in [1.807, 2.05) is 19.1 Å². The van der Waals surface area contributed by atoms with Crippen molar-refractivity contribution in [2.45, 2.75) is 33.2 Å². The Kier molecular flexibility index (Phi) is 3.93. The van der Waals surface area contributed by atoms with Gasteiger partial charge in [-0.05, 0) is 17.5 Å². The maximum Gasteiger partial charge on any atom is 0.407 e. The number of anilines is 1. The van der Waals surface area contributed by atoms with Crippen molar-refractivity contribution in [1.82, 2.24) is 9.88 Å². The first-order valence-electron chi connectivity index (χ1n) is 6.69. The summed E-state index contributed by atoms with van der Waals surface area (Å²) in [7, 11) is 0. The molecule has 2 N–H and O–H groups in total. The predicted molar refractivity (Wildman–Crippen MR) is 74.4 cm³/mol. The largest absolute Gasteiger partial charge is 0.465 e. The summed E-state index contributed by atoms with van der Waals surface area (Å²) in [6, 6.07) is 3.91. The molecule has 0 saturated heterocycles. The molecule has 2 heterocycles. The molecule has 0 unspecified atom stereocenters. The first kappa shape index (κ1) is 13.6. The van der Waals surface area contributed by atoms with E-state index in [1.165, 1.54) is 4.90 Å². The number of carbonyl (C=O) groups is 1. The number of carboxylic acid groups (broad SMARTS) is 1. The van der Waals surface area contributed by atoms with E-state index >= 15 is 0 Å². The SMILES string of the molecule is CC(C)CNc1ccc2c(n1)[C@H](C)CN(C(=O)O)C2. The minimum Gasteiger partial charge on any atom is -0.465 e. The third kappa shape index (κ3) is 3.16. The van der Waals surface area contributed by atoms with Crippen LogP contribution in [0, 0.1) is 5.92 Å². The summed E-state index contributed by atoms with van der Waals surface area (Å²) in [6.45, 7) is 8.17. The number of amides is 1. The predicted octanol–water partition coefficient (Wildman–Crippen LogP) is 2.75. The second kappa shape index (κ2) is 5.47. The zero-order chi connectivity index (χ0) is 14.0. The molecule has 1 aliphatic heterocycles. The Hall–Kier alpha value is -1.78. The number of rotatable bonds is 3. The van der Waals surface area contributed by atoms with Gasteiger partial charge in [-0.2, -0.15) is 0 Å². The Morgan fingerprint density at radius 3 is 2.95 bits per heavy atom. The highest BCUT2D eigenvalue weighted by Crippen LogP contribution is 2.27. The molecule has 104 valence electrons. The van der Waals surface area contributed by atoms with Crippen molar-refractivity contribution in [3.63, 3.8) is 0 Å². The van der Waals surface area contributed by atoms with Crippen LogP contribution in [0.3, 0.4) is 0 Å². The Bertz CT molecular complexity index is 474. The quantitative estimate of drug-likeness (QED) is 0.880. The second-order valence-electron chi connectivity index (χ2n) is 5.58. The summed E-state index contributed by atoms with van der Waals surface area (Å²) in [4.78, 5) is 17.1. The zero-order valence-electron chi connectivity index (χ0n) is 11.7. The molecule has 0 fully saturated rings. The van der Waals surface area contributed by atoms with Gasteiger partial charge in [0.1, 0.15) is 5.82 Å². The molecule has 5 heteroatoms. The van der Waals surface area contributed by atoms with Crippen molar-refractivity contribution in [1.29, 1.82) is 0 Å². The molecule has 1 aliphatic rings. The van der Waals surface area contributed by atoms with Gasteiger partial charge in [-0.15, -0.1) is 0 Å². The lowest BCUT2D eigenvalue weighted by atomic mass is 9.96. The smallest absolute Gasteiger partial charge is 0.407 e. The molecule has 1 aromatic heterocycles. The van der Waals surface area contributed by atoms with Crippen LogP contribution < -0.4 is 5.32 Å². The van der Waals surface area contributed by atoms with E-state index in [0.29, 0.717) is 19.0 Å². The number of aromatic nitrogens is 1. The monoisotopic (exact) mass is 263 g/mol. The molecule has 0 saturated carbocycles. The topological polar surface area (TPSA) is 65.5 Å². The molecule has 19 heavy (non-hydrogen) atoms. The highest BCUT2D eigenvalue weighted by atomic mass is 16.4. The normalized spacial score (nSPS) is 18.3. The van der Waals surface area contributed by atoms with Gasteiger partial charge in [0.15, 0.2) is 0 Å². The third-order valence-corrected chi connectivity index (χ3v) is 3.30. The van der Waals surface area contributed by atoms with Crippen LogP contribution in [-0.4, -0.2) is 34.2 Å². The molecular formula is C14H21N3O2. The van der Waals surface area contributed by atoms with Crippen molar-refractivity contribution in [3.8, 4) is 0 Å². The second-order valence-corrected chi connectivity index (χ2v) is 5.58. The van der Waals surface area contributed by atoms with Gasteiger partial charge in [0.25, 0.3) is 0 Å². The van der Waals surface area contributed by atoms with Crippen LogP contribution in [0.2, 0.25) is 0 Å². The van der Waals surface area contributed by atoms with E-state index in [9.17, 15) is 4.79 Å². The molecule has 0 radical (unpaired) electrons. The van der Waals surface area contributed by atoms with Crippen molar-refractivity contribution in [3.05, 3.63) is 23.4 Å². The van der Waals surface area contributed by atoms with Gasteiger partial charge in [0.05, 0.1) is 12.2 Å². The van der Waals surface area contributed by atoms with Gasteiger partial charge in [-0.25, -0.2) is 9.78 Å². The van der Waals surface area contributed by atoms with Gasteiger partial charge in [-0.3, -0.25) is 0 Å². The Morgan fingerprint density at radius 1 is 1.58 bits per heavy atom. The number of fused-ring (bicyclic) bond motifs is 1. The Morgan fingerprint density at radius 2 is 2.32 bits per heavy atom. The summed E-state index contributed by atoms with van der Waals surface area (Å²) in [5.41, 5.74) is 2.03. The average molecular weight is 263 g/mol. The lowest BCUT2D eigenvalue weighted by Crippen LogP contribution is -2.37. The lowest BCUT2D eigenvalue weighted by Gasteiger charge is -2.30. The van der Waals surface area contributed by atoms with E-state index in [2.05, 4.69) is 24.1 Å². The molecule has 0 aromatic carbocycles. The number of hydrogen-bond donors (Lipinski definition) is 2. The number of pyridine rings is 1. The first-order chi connectivity index (χ1) is 8.97. The number of hydrogen-bond acceptors (Lipinski definition) is 3. The van der Waals surface area contributed by atoms with Crippen LogP contribution in [0.5, 0.6) is 0 Å². The van der Waals surface area contributed by atoms with Gasteiger partial charge in [0, 0.05) is 19.0 Å². The summed E-state index contributed by atoms with van der Waals surface area (Å²) >= 11 is 0. The molecule has 1 aromatic rings. The molecule has 1 amide bonds. The minimum atomic E-state index is -0.862. The number of nitrogens with zero attached hydrogens (tertiary/aromatic N) is 2. The van der Waals surface area contributed by atoms with E-state index < -0.39 is 6.09 Å². The Labute approximate surface area is 113 Å². The van der Waals surface area contributed by atoms with E-state index in [-0.39, 0.29) is 5.92 Å². The summed E-state index contributed by atoms with van der Waals surface area (Å²) < 4.78 is 0. The molecule has 0 spiro atoms. The highest BCUT2D eigenvalue weighted by molar-refractivity contribution is 5.65. The fourth-order valence-corrected chi connectivity index (χ4v) is 2.30. The highest BCUT2D eigenvalue weighted by Gasteiger charge is 2.26. The van der Waals surface area contributed by atoms with Crippen molar-refractivity contribution < 1.29 is 9.90 Å². The van der Waals surface area contributed by atoms with Crippen LogP contribution in [0.1, 0.15) is 37.9 Å². The van der Waals surface area contributed by atoms with Gasteiger partial charge in [-0.1, -0.05) is 26.8 Å². The van der Waals surface area contributed by atoms with Crippen LogP contribution in [-0.2, 0) is 6.54 Å². The third-order valence-electron chi connectivity index (χ3n) is 3.30. The van der Waals surface area contributed by atoms with E-state index in [0.717, 1.165) is 23.6 Å². The Balaban J connectivity index is 2.17. The summed E-state index contributed by atoms with van der Waals surface area (Å²) in [6.07, 6.45) is -0.862. The standard InChI is InChI=1S/C14H21N3O2/c1-9(2)6-15-12-5-4-11-8-17(14(18)19)7-10(3)13(11)16-12/h4-5,9-10H,6-8H2,1-3H3,(H,15,16)(H,18,19)/t10-/m1/s1. The molecule has 0 aliphatic carbocycles. The van der Waals surface area contributed by atoms with Crippen LogP contribution >= 0.6 is 0 Å². The van der Waals surface area contributed by atoms with Crippen LogP contribution in [0.15, 0.2) is 12.1 Å². The van der Waals surface area contributed by atoms with E-state index in [1.54, 1.807) is 0 Å². The lowest BCUT2D eigenvalue weighted by molar-refractivity contribution is 0.135. The maximum absolute atomic E-state index is 11.0. The molecular weight excluding hydrogens is 242 g/mol. The molecule has 2 rings (SSSR count). The van der Waals surface area contributed by atoms with Crippen molar-refractivity contribution >= 4 is 11.9 Å². The summed E-state index contributed by atoms with van der Waals surface area (Å²) in [5.74, 6) is 1.58. The van der Waals surface area contributed by atoms with Crippen LogP contribution in [0.25, 0.3) is 0 Å². The summed E-state index contributed by atoms with van der Waals surface area (Å²) in [5, 5.41) is 12.4. The fraction of sp³-hybridized carbons (Fsp3) is 0.571. The minimum absolute atomic E-state index is 0.139. The van der Waals surface area contributed by atoms with E-state index in [4.69, 9.17) is 5.11 Å². The fourth-order valence-electron chi connectivity index (χ4n) is 2.30. The first-order valence-corrected chi connectivity index (χ1v) is 6.69. The molecule has 1 atom stereocenters. The van der Waals surface area contributed by atoms with Crippen molar-refractivity contribution in [2.24, 2.45) is 5.92 Å². The van der Waals surface area contributed by atoms with Gasteiger partial charge in [0.2, 0.25) is 0 Å². The van der Waals surface area contributed by atoms with Crippen LogP contribution in [0.4, 0.5) is 10.6 Å². The van der Waals surface area contributed by atoms with Gasteiger partial charge >= 0.3 is 6.09 Å². The average Bonchev–Trinajstić information content (AvgIpc) is 2.36. The molecule has 0 bridgehead atoms. The molecule has 5 nitrogen and oxygen atoms in total. The number of nitrogens with one attached hydrogen (secondary N) is 1. The zero-order valence-corrected chi connectivity index (χ0v) is 11.7. The van der Waals surface area contributed by atoms with Crippen molar-refractivity contribution in [2.75, 3.05) is 18.4 Å². The van der Waals surface area contributed by atoms with Gasteiger partial charge < -0.3 is 15.3 Å². The maximum atomic E-state index is 11.0.